The van der Waals surface area contributed by atoms with Crippen molar-refractivity contribution < 1.29 is 19.1 Å². The fourth-order valence-corrected chi connectivity index (χ4v) is 3.82. The SMILES string of the molecule is O=C(NCC1CCN(CCCCCF)CC1)C1CC12CC2.O=CO. The molecule has 0 radical (unpaired) electrons. The van der Waals surface area contributed by atoms with E-state index in [1.165, 1.54) is 25.7 Å². The summed E-state index contributed by atoms with van der Waals surface area (Å²) < 4.78 is 12.0. The van der Waals surface area contributed by atoms with Gasteiger partial charge in [0, 0.05) is 12.5 Å². The van der Waals surface area contributed by atoms with Gasteiger partial charge in [-0.05, 0) is 82.3 Å². The maximum absolute atomic E-state index is 12.0. The van der Waals surface area contributed by atoms with E-state index in [1.54, 1.807) is 0 Å². The molecule has 2 N–H and O–H groups in total. The molecule has 1 unspecified atom stereocenters. The zero-order chi connectivity index (χ0) is 17.4. The topological polar surface area (TPSA) is 69.6 Å². The van der Waals surface area contributed by atoms with Crippen molar-refractivity contribution in [3.8, 4) is 0 Å². The Bertz CT molecular complexity index is 407. The van der Waals surface area contributed by atoms with Crippen LogP contribution < -0.4 is 5.32 Å². The van der Waals surface area contributed by atoms with E-state index in [9.17, 15) is 9.18 Å². The highest BCUT2D eigenvalue weighted by Gasteiger charge is 2.65. The lowest BCUT2D eigenvalue weighted by molar-refractivity contribution is -0.123. The van der Waals surface area contributed by atoms with Crippen molar-refractivity contribution in [3.05, 3.63) is 0 Å². The van der Waals surface area contributed by atoms with Crippen molar-refractivity contribution in [3.63, 3.8) is 0 Å². The van der Waals surface area contributed by atoms with Gasteiger partial charge in [0.05, 0.1) is 6.67 Å². The molecule has 3 aliphatic rings. The van der Waals surface area contributed by atoms with Crippen LogP contribution in [-0.2, 0) is 9.59 Å². The molecule has 1 heterocycles. The molecular formula is C18H31FN2O3. The molecule has 1 atom stereocenters. The van der Waals surface area contributed by atoms with Crippen molar-refractivity contribution in [1.82, 2.24) is 10.2 Å². The van der Waals surface area contributed by atoms with Gasteiger partial charge in [-0.25, -0.2) is 0 Å². The van der Waals surface area contributed by atoms with Gasteiger partial charge >= 0.3 is 0 Å². The summed E-state index contributed by atoms with van der Waals surface area (Å²) in [6.07, 6.45) is 8.95. The molecule has 1 spiro atoms. The van der Waals surface area contributed by atoms with Gasteiger partial charge in [0.1, 0.15) is 0 Å². The Kier molecular flexibility index (Phi) is 7.46. The molecule has 0 aromatic rings. The summed E-state index contributed by atoms with van der Waals surface area (Å²) in [5.41, 5.74) is 0.479. The largest absolute Gasteiger partial charge is 0.483 e. The summed E-state index contributed by atoms with van der Waals surface area (Å²) in [6.45, 7) is 3.85. The van der Waals surface area contributed by atoms with Crippen LogP contribution in [0.2, 0.25) is 0 Å². The number of halogens is 1. The number of carboxylic acid groups (broad SMARTS) is 1. The van der Waals surface area contributed by atoms with Gasteiger partial charge in [-0.15, -0.1) is 0 Å². The highest BCUT2D eigenvalue weighted by Crippen LogP contribution is 2.70. The second-order valence-electron chi connectivity index (χ2n) is 7.50. The second kappa shape index (κ2) is 9.35. The summed E-state index contributed by atoms with van der Waals surface area (Å²) in [4.78, 5) is 22.9. The average Bonchev–Trinajstić information content (AvgIpc) is 3.51. The molecule has 0 aromatic carbocycles. The van der Waals surface area contributed by atoms with Gasteiger partial charge in [-0.2, -0.15) is 0 Å². The van der Waals surface area contributed by atoms with Crippen LogP contribution in [0.1, 0.15) is 51.4 Å². The van der Waals surface area contributed by atoms with Crippen molar-refractivity contribution in [2.45, 2.75) is 51.4 Å². The molecular weight excluding hydrogens is 311 g/mol. The molecule has 3 rings (SSSR count). The van der Waals surface area contributed by atoms with Crippen LogP contribution in [0, 0.1) is 17.3 Å². The van der Waals surface area contributed by atoms with E-state index in [0.29, 0.717) is 29.6 Å². The number of nitrogens with zero attached hydrogens (tertiary/aromatic N) is 1. The minimum atomic E-state index is -0.250. The van der Waals surface area contributed by atoms with Gasteiger partial charge in [0.15, 0.2) is 0 Å². The van der Waals surface area contributed by atoms with Crippen LogP contribution in [0.3, 0.4) is 0 Å². The number of carbonyl (C=O) groups is 2. The van der Waals surface area contributed by atoms with E-state index in [-0.39, 0.29) is 13.1 Å². The van der Waals surface area contributed by atoms with Gasteiger partial charge in [-0.1, -0.05) is 0 Å². The number of hydrogen-bond acceptors (Lipinski definition) is 3. The molecule has 6 heteroatoms. The minimum absolute atomic E-state index is 0.177. The maximum Gasteiger partial charge on any atom is 0.290 e. The molecule has 3 fully saturated rings. The third kappa shape index (κ3) is 5.72. The van der Waals surface area contributed by atoms with E-state index in [4.69, 9.17) is 9.90 Å². The standard InChI is InChI=1S/C17H29FN2O.CH2O2/c18-8-2-1-3-9-20-10-4-14(5-11-20)13-19-16(21)15-12-17(15)6-7-17;2-1-3/h14-15H,1-13H2,(H,19,21);1H,(H,2,3). The van der Waals surface area contributed by atoms with Gasteiger partial charge in [0.25, 0.3) is 6.47 Å². The van der Waals surface area contributed by atoms with Crippen molar-refractivity contribution in [1.29, 1.82) is 0 Å². The zero-order valence-electron chi connectivity index (χ0n) is 14.5. The molecule has 1 amide bonds. The lowest BCUT2D eigenvalue weighted by Gasteiger charge is -2.32. The number of unbranched alkanes of at least 4 members (excludes halogenated alkanes) is 2. The van der Waals surface area contributed by atoms with Crippen molar-refractivity contribution in [2.24, 2.45) is 17.3 Å². The molecule has 0 bridgehead atoms. The van der Waals surface area contributed by atoms with Gasteiger partial charge < -0.3 is 15.3 Å². The molecule has 0 aromatic heterocycles. The van der Waals surface area contributed by atoms with Crippen molar-refractivity contribution >= 4 is 12.4 Å². The zero-order valence-corrected chi connectivity index (χ0v) is 14.5. The van der Waals surface area contributed by atoms with Crippen LogP contribution in [0.25, 0.3) is 0 Å². The fourth-order valence-electron chi connectivity index (χ4n) is 3.82. The summed E-state index contributed by atoms with van der Waals surface area (Å²) in [5.74, 6) is 1.33. The Hall–Kier alpha value is -1.17. The third-order valence-corrected chi connectivity index (χ3v) is 5.78. The van der Waals surface area contributed by atoms with Gasteiger partial charge in [0.2, 0.25) is 5.91 Å². The molecule has 138 valence electrons. The molecule has 24 heavy (non-hydrogen) atoms. The number of nitrogens with one attached hydrogen (secondary N) is 1. The highest BCUT2D eigenvalue weighted by molar-refractivity contribution is 5.83. The molecule has 1 saturated heterocycles. The van der Waals surface area contributed by atoms with Crippen molar-refractivity contribution in [2.75, 3.05) is 32.9 Å². The molecule has 5 nitrogen and oxygen atoms in total. The average molecular weight is 342 g/mol. The Balaban J connectivity index is 0.000000647. The van der Waals surface area contributed by atoms with E-state index in [0.717, 1.165) is 45.4 Å². The summed E-state index contributed by atoms with van der Waals surface area (Å²) in [7, 11) is 0. The lowest BCUT2D eigenvalue weighted by Crippen LogP contribution is -2.39. The quantitative estimate of drug-likeness (QED) is 0.525. The van der Waals surface area contributed by atoms with Crippen LogP contribution >= 0.6 is 0 Å². The highest BCUT2D eigenvalue weighted by atomic mass is 19.1. The summed E-state index contributed by atoms with van der Waals surface area (Å²) >= 11 is 0. The number of likely N-dealkylation sites (tertiary alicyclic amines) is 1. The lowest BCUT2D eigenvalue weighted by atomic mass is 9.96. The Morgan fingerprint density at radius 3 is 2.46 bits per heavy atom. The Morgan fingerprint density at radius 1 is 1.25 bits per heavy atom. The van der Waals surface area contributed by atoms with Crippen LogP contribution in [0.4, 0.5) is 4.39 Å². The smallest absolute Gasteiger partial charge is 0.290 e. The van der Waals surface area contributed by atoms with E-state index >= 15 is 0 Å². The number of rotatable bonds is 8. The third-order valence-electron chi connectivity index (χ3n) is 5.78. The summed E-state index contributed by atoms with van der Waals surface area (Å²) in [6, 6.07) is 0. The monoisotopic (exact) mass is 342 g/mol. The van der Waals surface area contributed by atoms with E-state index < -0.39 is 0 Å². The number of piperidine rings is 1. The first kappa shape index (κ1) is 19.2. The van der Waals surface area contributed by atoms with Crippen LogP contribution in [0.5, 0.6) is 0 Å². The number of amides is 1. The predicted octanol–water partition coefficient (Wildman–Crippen LogP) is 2.46. The number of carbonyl (C=O) groups excluding carboxylic acids is 1. The first-order valence-corrected chi connectivity index (χ1v) is 9.29. The molecule has 2 aliphatic carbocycles. The fraction of sp³-hybridized carbons (Fsp3) is 0.889. The first-order chi connectivity index (χ1) is 11.6. The molecule has 2 saturated carbocycles. The van der Waals surface area contributed by atoms with Crippen LogP contribution in [-0.4, -0.2) is 55.2 Å². The minimum Gasteiger partial charge on any atom is -0.483 e. The predicted molar refractivity (Wildman–Crippen MR) is 90.5 cm³/mol. The Labute approximate surface area is 144 Å². The van der Waals surface area contributed by atoms with Gasteiger partial charge in [-0.3, -0.25) is 14.0 Å². The maximum atomic E-state index is 12.0. The number of alkyl halides is 1. The first-order valence-electron chi connectivity index (χ1n) is 9.29. The van der Waals surface area contributed by atoms with E-state index in [1.807, 2.05) is 0 Å². The van der Waals surface area contributed by atoms with E-state index in [2.05, 4.69) is 10.2 Å². The van der Waals surface area contributed by atoms with Crippen LogP contribution in [0.15, 0.2) is 0 Å². The molecule has 1 aliphatic heterocycles. The Morgan fingerprint density at radius 2 is 1.92 bits per heavy atom. The second-order valence-corrected chi connectivity index (χ2v) is 7.50. The number of hydrogen-bond donors (Lipinski definition) is 2. The summed E-state index contributed by atoms with van der Waals surface area (Å²) in [5, 5.41) is 10.1. The normalized spacial score (nSPS) is 24.8.